The maximum absolute atomic E-state index is 5.35. The zero-order valence-corrected chi connectivity index (χ0v) is 6.28. The molecule has 1 nitrogen and oxygen atoms in total. The summed E-state index contributed by atoms with van der Waals surface area (Å²) >= 11 is 0. The van der Waals surface area contributed by atoms with Gasteiger partial charge < -0.3 is 5.73 Å². The third-order valence-corrected chi connectivity index (χ3v) is 1.02. The predicted molar refractivity (Wildman–Crippen MR) is 42.0 cm³/mol. The highest BCUT2D eigenvalue weighted by atomic mass is 14.5. The van der Waals surface area contributed by atoms with Gasteiger partial charge in [0.15, 0.2) is 0 Å². The fourth-order valence-corrected chi connectivity index (χ4v) is 0.546. The summed E-state index contributed by atoms with van der Waals surface area (Å²) in [5.74, 6) is 0. The third kappa shape index (κ3) is 7.28. The van der Waals surface area contributed by atoms with Gasteiger partial charge in [0.05, 0.1) is 0 Å². The van der Waals surface area contributed by atoms with Crippen LogP contribution in [0.25, 0.3) is 0 Å². The Kier molecular flexibility index (Phi) is 3.85. The fraction of sp³-hybridized carbons (Fsp3) is 0.500. The molecule has 0 saturated heterocycles. The SMILES string of the molecule is C=C(N)CCC=C(C)C. The Morgan fingerprint density at radius 2 is 2.11 bits per heavy atom. The summed E-state index contributed by atoms with van der Waals surface area (Å²) < 4.78 is 0. The first kappa shape index (κ1) is 8.28. The molecule has 0 aliphatic carbocycles. The summed E-state index contributed by atoms with van der Waals surface area (Å²) in [6.07, 6.45) is 4.10. The molecule has 0 heterocycles. The molecule has 0 aliphatic rings. The Morgan fingerprint density at radius 1 is 1.56 bits per heavy atom. The van der Waals surface area contributed by atoms with Crippen LogP contribution >= 0.6 is 0 Å². The second-order valence-electron chi connectivity index (χ2n) is 2.48. The van der Waals surface area contributed by atoms with Crippen molar-refractivity contribution in [3.05, 3.63) is 23.9 Å². The van der Waals surface area contributed by atoms with E-state index in [0.29, 0.717) is 0 Å². The van der Waals surface area contributed by atoms with Crippen LogP contribution in [0.2, 0.25) is 0 Å². The van der Waals surface area contributed by atoms with Crippen LogP contribution in [0.3, 0.4) is 0 Å². The van der Waals surface area contributed by atoms with E-state index >= 15 is 0 Å². The van der Waals surface area contributed by atoms with E-state index in [2.05, 4.69) is 26.5 Å². The summed E-state index contributed by atoms with van der Waals surface area (Å²) in [6.45, 7) is 7.77. The summed E-state index contributed by atoms with van der Waals surface area (Å²) in [7, 11) is 0. The van der Waals surface area contributed by atoms with Gasteiger partial charge in [-0.25, -0.2) is 0 Å². The van der Waals surface area contributed by atoms with Crippen LogP contribution in [0.5, 0.6) is 0 Å². The number of hydrogen-bond acceptors (Lipinski definition) is 1. The molecule has 0 rings (SSSR count). The molecule has 0 aromatic rings. The monoisotopic (exact) mass is 125 g/mol. The van der Waals surface area contributed by atoms with Crippen molar-refractivity contribution in [2.75, 3.05) is 0 Å². The summed E-state index contributed by atoms with van der Waals surface area (Å²) in [5, 5.41) is 0. The fourth-order valence-electron chi connectivity index (χ4n) is 0.546. The van der Waals surface area contributed by atoms with Gasteiger partial charge in [-0.2, -0.15) is 0 Å². The molecule has 0 bridgehead atoms. The summed E-state index contributed by atoms with van der Waals surface area (Å²) in [6, 6.07) is 0. The largest absolute Gasteiger partial charge is 0.403 e. The standard InChI is InChI=1S/C8H15N/c1-7(2)5-4-6-8(3)9/h5H,3-4,6,9H2,1-2H3. The van der Waals surface area contributed by atoms with Gasteiger partial charge in [0, 0.05) is 5.70 Å². The van der Waals surface area contributed by atoms with Crippen molar-refractivity contribution >= 4 is 0 Å². The summed E-state index contributed by atoms with van der Waals surface area (Å²) in [4.78, 5) is 0. The Labute approximate surface area is 57.3 Å². The molecule has 0 aliphatic heterocycles. The summed E-state index contributed by atoms with van der Waals surface area (Å²) in [5.41, 5.74) is 7.47. The molecule has 2 N–H and O–H groups in total. The number of rotatable bonds is 3. The van der Waals surface area contributed by atoms with Crippen LogP contribution in [0.15, 0.2) is 23.9 Å². The highest BCUT2D eigenvalue weighted by Crippen LogP contribution is 1.99. The third-order valence-electron chi connectivity index (χ3n) is 1.02. The lowest BCUT2D eigenvalue weighted by molar-refractivity contribution is 0.956. The van der Waals surface area contributed by atoms with E-state index in [1.165, 1.54) is 5.57 Å². The van der Waals surface area contributed by atoms with Gasteiger partial charge in [-0.15, -0.1) is 0 Å². The average molecular weight is 125 g/mol. The lowest BCUT2D eigenvalue weighted by Gasteiger charge is -1.93. The maximum Gasteiger partial charge on any atom is 0.00105 e. The lowest BCUT2D eigenvalue weighted by Crippen LogP contribution is -1.92. The molecule has 0 radical (unpaired) electrons. The first-order valence-electron chi connectivity index (χ1n) is 3.19. The molecular weight excluding hydrogens is 110 g/mol. The smallest absolute Gasteiger partial charge is 0.00105 e. The van der Waals surface area contributed by atoms with E-state index in [0.717, 1.165) is 18.5 Å². The second-order valence-corrected chi connectivity index (χ2v) is 2.48. The molecule has 0 fully saturated rings. The zero-order valence-electron chi connectivity index (χ0n) is 6.28. The lowest BCUT2D eigenvalue weighted by atomic mass is 10.2. The van der Waals surface area contributed by atoms with E-state index in [1.807, 2.05) is 0 Å². The van der Waals surface area contributed by atoms with Crippen molar-refractivity contribution in [2.24, 2.45) is 5.73 Å². The minimum Gasteiger partial charge on any atom is -0.403 e. The average Bonchev–Trinajstić information content (AvgIpc) is 1.63. The normalized spacial score (nSPS) is 8.67. The van der Waals surface area contributed by atoms with Crippen LogP contribution in [0.4, 0.5) is 0 Å². The quantitative estimate of drug-likeness (QED) is 0.575. The van der Waals surface area contributed by atoms with Gasteiger partial charge >= 0.3 is 0 Å². The highest BCUT2D eigenvalue weighted by molar-refractivity contribution is 4.96. The highest BCUT2D eigenvalue weighted by Gasteiger charge is 1.82. The number of hydrogen-bond donors (Lipinski definition) is 1. The van der Waals surface area contributed by atoms with Crippen molar-refractivity contribution in [3.63, 3.8) is 0 Å². The van der Waals surface area contributed by atoms with Gasteiger partial charge in [-0.3, -0.25) is 0 Å². The molecule has 0 saturated carbocycles. The van der Waals surface area contributed by atoms with Crippen LogP contribution in [-0.4, -0.2) is 0 Å². The van der Waals surface area contributed by atoms with Crippen LogP contribution in [0, 0.1) is 0 Å². The topological polar surface area (TPSA) is 26.0 Å². The van der Waals surface area contributed by atoms with E-state index in [1.54, 1.807) is 0 Å². The van der Waals surface area contributed by atoms with Gasteiger partial charge in [0.1, 0.15) is 0 Å². The molecule has 0 amide bonds. The van der Waals surface area contributed by atoms with Crippen molar-refractivity contribution in [1.29, 1.82) is 0 Å². The van der Waals surface area contributed by atoms with E-state index in [9.17, 15) is 0 Å². The molecule has 0 unspecified atom stereocenters. The van der Waals surface area contributed by atoms with Gasteiger partial charge in [-0.05, 0) is 26.7 Å². The van der Waals surface area contributed by atoms with Crippen molar-refractivity contribution in [2.45, 2.75) is 26.7 Å². The van der Waals surface area contributed by atoms with Crippen molar-refractivity contribution in [3.8, 4) is 0 Å². The van der Waals surface area contributed by atoms with Gasteiger partial charge in [0.2, 0.25) is 0 Å². The number of allylic oxidation sites excluding steroid dienone is 3. The molecule has 0 aromatic carbocycles. The molecule has 1 heteroatoms. The molecule has 52 valence electrons. The first-order chi connectivity index (χ1) is 4.13. The Hall–Kier alpha value is -0.720. The van der Waals surface area contributed by atoms with Crippen LogP contribution in [-0.2, 0) is 0 Å². The van der Waals surface area contributed by atoms with E-state index in [-0.39, 0.29) is 0 Å². The Morgan fingerprint density at radius 3 is 2.44 bits per heavy atom. The van der Waals surface area contributed by atoms with Crippen molar-refractivity contribution in [1.82, 2.24) is 0 Å². The van der Waals surface area contributed by atoms with E-state index in [4.69, 9.17) is 5.73 Å². The first-order valence-corrected chi connectivity index (χ1v) is 3.19. The minimum atomic E-state index is 0.771. The Bertz CT molecular complexity index is 119. The second kappa shape index (κ2) is 4.19. The Balaban J connectivity index is 3.31. The van der Waals surface area contributed by atoms with Crippen LogP contribution < -0.4 is 5.73 Å². The van der Waals surface area contributed by atoms with Crippen molar-refractivity contribution < 1.29 is 0 Å². The molecular formula is C8H15N. The molecule has 9 heavy (non-hydrogen) atoms. The van der Waals surface area contributed by atoms with Gasteiger partial charge in [0.25, 0.3) is 0 Å². The molecule has 0 spiro atoms. The molecule has 0 aromatic heterocycles. The minimum absolute atomic E-state index is 0.771. The predicted octanol–water partition coefficient (Wildman–Crippen LogP) is 2.21. The maximum atomic E-state index is 5.35. The van der Waals surface area contributed by atoms with E-state index < -0.39 is 0 Å². The van der Waals surface area contributed by atoms with Crippen LogP contribution in [0.1, 0.15) is 26.7 Å². The van der Waals surface area contributed by atoms with Gasteiger partial charge in [-0.1, -0.05) is 18.2 Å². The number of nitrogens with two attached hydrogens (primary N) is 1. The molecule has 0 atom stereocenters. The zero-order chi connectivity index (χ0) is 7.28.